The number of aryl methyl sites for hydroxylation is 2. The Labute approximate surface area is 164 Å². The predicted octanol–water partition coefficient (Wildman–Crippen LogP) is 3.54. The fourth-order valence-electron chi connectivity index (χ4n) is 3.24. The van der Waals surface area contributed by atoms with Crippen LogP contribution in [0.15, 0.2) is 23.2 Å². The van der Waals surface area contributed by atoms with Crippen LogP contribution in [0.1, 0.15) is 36.5 Å². The number of benzene rings is 1. The van der Waals surface area contributed by atoms with Gasteiger partial charge in [-0.15, -0.1) is 24.0 Å². The number of piperidine rings is 1. The zero-order valence-corrected chi connectivity index (χ0v) is 17.8. The normalized spacial score (nSPS) is 16.0. The van der Waals surface area contributed by atoms with Crippen molar-refractivity contribution in [3.8, 4) is 0 Å². The van der Waals surface area contributed by atoms with Crippen molar-refractivity contribution >= 4 is 29.9 Å². The summed E-state index contributed by atoms with van der Waals surface area (Å²) in [6.07, 6.45) is 3.63. The number of hydrogen-bond donors (Lipinski definition) is 1. The van der Waals surface area contributed by atoms with Gasteiger partial charge in [-0.25, -0.2) is 0 Å². The molecule has 5 heteroatoms. The molecular formula is C19H32IN3O. The summed E-state index contributed by atoms with van der Waals surface area (Å²) in [6.45, 7) is 10.2. The molecule has 0 atom stereocenters. The van der Waals surface area contributed by atoms with E-state index in [0.717, 1.165) is 51.5 Å². The fraction of sp³-hybridized carbons (Fsp3) is 0.632. The molecule has 4 nitrogen and oxygen atoms in total. The number of rotatable bonds is 5. The first-order valence-electron chi connectivity index (χ1n) is 8.77. The summed E-state index contributed by atoms with van der Waals surface area (Å²) in [5.41, 5.74) is 4.11. The van der Waals surface area contributed by atoms with Gasteiger partial charge in [0.2, 0.25) is 0 Å². The van der Waals surface area contributed by atoms with Crippen LogP contribution in [0, 0.1) is 13.8 Å². The molecule has 0 spiro atoms. The lowest BCUT2D eigenvalue weighted by Crippen LogP contribution is -2.47. The van der Waals surface area contributed by atoms with Crippen LogP contribution in [0.2, 0.25) is 0 Å². The molecule has 0 saturated carbocycles. The SMILES string of the molecule is CCOC1CCN(C(=NC)NCCc2ccc(C)cc2C)CC1.I. The minimum atomic E-state index is 0. The number of halogens is 1. The van der Waals surface area contributed by atoms with E-state index in [9.17, 15) is 0 Å². The molecule has 1 aliphatic heterocycles. The molecule has 136 valence electrons. The topological polar surface area (TPSA) is 36.9 Å². The van der Waals surface area contributed by atoms with Crippen molar-refractivity contribution in [1.29, 1.82) is 0 Å². The van der Waals surface area contributed by atoms with E-state index in [-0.39, 0.29) is 24.0 Å². The molecule has 0 radical (unpaired) electrons. The molecule has 0 bridgehead atoms. The first kappa shape index (κ1) is 21.2. The third-order valence-corrected chi connectivity index (χ3v) is 4.53. The molecule has 1 aromatic carbocycles. The molecular weight excluding hydrogens is 413 g/mol. The van der Waals surface area contributed by atoms with Crippen molar-refractivity contribution in [2.75, 3.05) is 33.3 Å². The average Bonchev–Trinajstić information content (AvgIpc) is 2.55. The first-order chi connectivity index (χ1) is 11.1. The van der Waals surface area contributed by atoms with Crippen LogP contribution in [0.4, 0.5) is 0 Å². The number of ether oxygens (including phenoxy) is 1. The molecule has 1 aliphatic rings. The largest absolute Gasteiger partial charge is 0.378 e. The van der Waals surface area contributed by atoms with Gasteiger partial charge in [0, 0.05) is 33.3 Å². The zero-order chi connectivity index (χ0) is 16.7. The van der Waals surface area contributed by atoms with Gasteiger partial charge in [-0.05, 0) is 51.2 Å². The monoisotopic (exact) mass is 445 g/mol. The first-order valence-corrected chi connectivity index (χ1v) is 8.77. The van der Waals surface area contributed by atoms with Crippen LogP contribution in [0.25, 0.3) is 0 Å². The molecule has 1 fully saturated rings. The molecule has 1 saturated heterocycles. The molecule has 1 N–H and O–H groups in total. The molecule has 2 rings (SSSR count). The van der Waals surface area contributed by atoms with Crippen molar-refractivity contribution < 1.29 is 4.74 Å². The fourth-order valence-corrected chi connectivity index (χ4v) is 3.24. The maximum absolute atomic E-state index is 5.72. The second-order valence-electron chi connectivity index (χ2n) is 6.30. The van der Waals surface area contributed by atoms with Gasteiger partial charge in [-0.3, -0.25) is 4.99 Å². The zero-order valence-electron chi connectivity index (χ0n) is 15.5. The standard InChI is InChI=1S/C19H31N3O.HI/c1-5-23-18-9-12-22(13-10-18)19(20-4)21-11-8-17-7-6-15(2)14-16(17)3;/h6-7,14,18H,5,8-13H2,1-4H3,(H,20,21);1H. The molecule has 0 aliphatic carbocycles. The smallest absolute Gasteiger partial charge is 0.193 e. The van der Waals surface area contributed by atoms with E-state index in [0.29, 0.717) is 6.10 Å². The maximum atomic E-state index is 5.72. The van der Waals surface area contributed by atoms with Crippen LogP contribution in [0.3, 0.4) is 0 Å². The van der Waals surface area contributed by atoms with Crippen LogP contribution < -0.4 is 5.32 Å². The Morgan fingerprint density at radius 3 is 2.58 bits per heavy atom. The number of likely N-dealkylation sites (tertiary alicyclic amines) is 1. The van der Waals surface area contributed by atoms with E-state index in [1.54, 1.807) is 0 Å². The average molecular weight is 445 g/mol. The van der Waals surface area contributed by atoms with Crippen molar-refractivity contribution in [3.63, 3.8) is 0 Å². The van der Waals surface area contributed by atoms with E-state index in [1.165, 1.54) is 16.7 Å². The molecule has 24 heavy (non-hydrogen) atoms. The predicted molar refractivity (Wildman–Crippen MR) is 113 cm³/mol. The van der Waals surface area contributed by atoms with E-state index in [1.807, 2.05) is 7.05 Å². The van der Waals surface area contributed by atoms with Gasteiger partial charge in [0.25, 0.3) is 0 Å². The number of nitrogens with one attached hydrogen (secondary N) is 1. The summed E-state index contributed by atoms with van der Waals surface area (Å²) in [7, 11) is 1.87. The van der Waals surface area contributed by atoms with E-state index in [2.05, 4.69) is 54.2 Å². The lowest BCUT2D eigenvalue weighted by Gasteiger charge is -2.34. The third-order valence-electron chi connectivity index (χ3n) is 4.53. The maximum Gasteiger partial charge on any atom is 0.193 e. The highest BCUT2D eigenvalue weighted by atomic mass is 127. The van der Waals surface area contributed by atoms with Gasteiger partial charge in [0.1, 0.15) is 0 Å². The van der Waals surface area contributed by atoms with Gasteiger partial charge in [0.05, 0.1) is 6.10 Å². The summed E-state index contributed by atoms with van der Waals surface area (Å²) in [5, 5.41) is 3.51. The Bertz CT molecular complexity index is 525. The highest BCUT2D eigenvalue weighted by Gasteiger charge is 2.21. The van der Waals surface area contributed by atoms with Crippen LogP contribution in [-0.2, 0) is 11.2 Å². The minimum absolute atomic E-state index is 0. The number of aliphatic imine (C=N–C) groups is 1. The van der Waals surface area contributed by atoms with Gasteiger partial charge in [0.15, 0.2) is 5.96 Å². The van der Waals surface area contributed by atoms with Crippen molar-refractivity contribution in [2.45, 2.75) is 46.1 Å². The van der Waals surface area contributed by atoms with Crippen molar-refractivity contribution in [1.82, 2.24) is 10.2 Å². The molecule has 0 amide bonds. The Hall–Kier alpha value is -0.820. The lowest BCUT2D eigenvalue weighted by molar-refractivity contribution is 0.0264. The van der Waals surface area contributed by atoms with Crippen molar-refractivity contribution in [2.24, 2.45) is 4.99 Å². The van der Waals surface area contributed by atoms with Crippen LogP contribution in [-0.4, -0.2) is 50.3 Å². The number of hydrogen-bond acceptors (Lipinski definition) is 2. The van der Waals surface area contributed by atoms with Gasteiger partial charge in [-0.1, -0.05) is 23.8 Å². The summed E-state index contributed by atoms with van der Waals surface area (Å²) >= 11 is 0. The Kier molecular flexibility index (Phi) is 9.66. The quantitative estimate of drug-likeness (QED) is 0.428. The number of nitrogens with zero attached hydrogens (tertiary/aromatic N) is 2. The van der Waals surface area contributed by atoms with E-state index >= 15 is 0 Å². The summed E-state index contributed by atoms with van der Waals surface area (Å²) in [5.74, 6) is 1.02. The third kappa shape index (κ3) is 6.24. The van der Waals surface area contributed by atoms with E-state index < -0.39 is 0 Å². The van der Waals surface area contributed by atoms with Gasteiger partial charge >= 0.3 is 0 Å². The Morgan fingerprint density at radius 2 is 2.00 bits per heavy atom. The van der Waals surface area contributed by atoms with Gasteiger partial charge in [-0.2, -0.15) is 0 Å². The van der Waals surface area contributed by atoms with Crippen LogP contribution >= 0.6 is 24.0 Å². The van der Waals surface area contributed by atoms with Crippen LogP contribution in [0.5, 0.6) is 0 Å². The lowest BCUT2D eigenvalue weighted by atomic mass is 10.0. The Balaban J connectivity index is 0.00000288. The molecule has 0 aromatic heterocycles. The second kappa shape index (κ2) is 10.9. The molecule has 1 heterocycles. The highest BCUT2D eigenvalue weighted by Crippen LogP contribution is 2.14. The summed E-state index contributed by atoms with van der Waals surface area (Å²) in [4.78, 5) is 6.79. The van der Waals surface area contributed by atoms with Crippen molar-refractivity contribution in [3.05, 3.63) is 34.9 Å². The minimum Gasteiger partial charge on any atom is -0.378 e. The number of guanidine groups is 1. The summed E-state index contributed by atoms with van der Waals surface area (Å²) < 4.78 is 5.72. The molecule has 0 unspecified atom stereocenters. The Morgan fingerprint density at radius 1 is 1.29 bits per heavy atom. The summed E-state index contributed by atoms with van der Waals surface area (Å²) in [6, 6.07) is 6.68. The highest BCUT2D eigenvalue weighted by molar-refractivity contribution is 14.0. The molecule has 1 aromatic rings. The van der Waals surface area contributed by atoms with Gasteiger partial charge < -0.3 is 15.0 Å². The second-order valence-corrected chi connectivity index (χ2v) is 6.30. The van der Waals surface area contributed by atoms with E-state index in [4.69, 9.17) is 4.74 Å².